The van der Waals surface area contributed by atoms with Crippen LogP contribution in [0.15, 0.2) is 0 Å². The third-order valence-corrected chi connectivity index (χ3v) is 2.59. The summed E-state index contributed by atoms with van der Waals surface area (Å²) < 4.78 is 0. The summed E-state index contributed by atoms with van der Waals surface area (Å²) in [5, 5.41) is 11.5. The molecule has 0 saturated heterocycles. The first-order valence-electron chi connectivity index (χ1n) is 4.77. The molecule has 0 heterocycles. The molecule has 0 fully saturated rings. The smallest absolute Gasteiger partial charge is 0.305 e. The third kappa shape index (κ3) is 6.38. The van der Waals surface area contributed by atoms with Gasteiger partial charge < -0.3 is 10.4 Å². The average molecular weight is 233 g/mol. The zero-order chi connectivity index (χ0) is 12.1. The summed E-state index contributed by atoms with van der Waals surface area (Å²) >= 11 is 1.42. The maximum absolute atomic E-state index is 11.4. The van der Waals surface area contributed by atoms with Crippen LogP contribution in [0, 0.1) is 5.41 Å². The molecular formula is C10H19NO3S. The predicted molar refractivity (Wildman–Crippen MR) is 62.0 cm³/mol. The molecule has 15 heavy (non-hydrogen) atoms. The maximum Gasteiger partial charge on any atom is 0.305 e. The van der Waals surface area contributed by atoms with Crippen LogP contribution in [0.5, 0.6) is 0 Å². The molecule has 0 aromatic heterocycles. The zero-order valence-corrected chi connectivity index (χ0v) is 10.5. The van der Waals surface area contributed by atoms with E-state index in [1.54, 1.807) is 0 Å². The van der Waals surface area contributed by atoms with E-state index in [0.29, 0.717) is 5.75 Å². The second-order valence-corrected chi connectivity index (χ2v) is 5.38. The highest BCUT2D eigenvalue weighted by Crippen LogP contribution is 2.21. The fourth-order valence-corrected chi connectivity index (χ4v) is 1.46. The highest BCUT2D eigenvalue weighted by atomic mass is 32.2. The first-order chi connectivity index (χ1) is 6.77. The van der Waals surface area contributed by atoms with E-state index in [0.717, 1.165) is 0 Å². The van der Waals surface area contributed by atoms with Gasteiger partial charge in [0.1, 0.15) is 0 Å². The standard InChI is InChI=1S/C10H19NO3S/c1-10(2,3)7(5-9(13)14)11-8(12)6-15-4/h7H,5-6H2,1-4H3,(H,11,12)(H,13,14). The molecular weight excluding hydrogens is 214 g/mol. The van der Waals surface area contributed by atoms with Crippen molar-refractivity contribution in [3.63, 3.8) is 0 Å². The van der Waals surface area contributed by atoms with Crippen molar-refractivity contribution in [3.05, 3.63) is 0 Å². The van der Waals surface area contributed by atoms with Crippen molar-refractivity contribution in [3.8, 4) is 0 Å². The quantitative estimate of drug-likeness (QED) is 0.752. The van der Waals surface area contributed by atoms with E-state index < -0.39 is 5.97 Å². The van der Waals surface area contributed by atoms with Gasteiger partial charge in [-0.3, -0.25) is 9.59 Å². The molecule has 0 aromatic carbocycles. The summed E-state index contributed by atoms with van der Waals surface area (Å²) in [5.74, 6) is -0.630. The molecule has 88 valence electrons. The number of nitrogens with one attached hydrogen (secondary N) is 1. The number of thioether (sulfide) groups is 1. The minimum Gasteiger partial charge on any atom is -0.481 e. The van der Waals surface area contributed by atoms with Gasteiger partial charge in [0.05, 0.1) is 12.2 Å². The van der Waals surface area contributed by atoms with Crippen molar-refractivity contribution in [2.45, 2.75) is 33.2 Å². The minimum absolute atomic E-state index is 0.0381. The van der Waals surface area contributed by atoms with Crippen LogP contribution in [-0.2, 0) is 9.59 Å². The van der Waals surface area contributed by atoms with Gasteiger partial charge in [-0.05, 0) is 11.7 Å². The largest absolute Gasteiger partial charge is 0.481 e. The number of carboxylic acid groups (broad SMARTS) is 1. The van der Waals surface area contributed by atoms with E-state index in [2.05, 4.69) is 5.32 Å². The summed E-state index contributed by atoms with van der Waals surface area (Å²) in [7, 11) is 0. The second kappa shape index (κ2) is 6.00. The van der Waals surface area contributed by atoms with E-state index in [4.69, 9.17) is 5.11 Å². The summed E-state index contributed by atoms with van der Waals surface area (Å²) in [6.07, 6.45) is 1.80. The Balaban J connectivity index is 4.38. The molecule has 1 atom stereocenters. The molecule has 0 aliphatic rings. The Kier molecular flexibility index (Phi) is 5.72. The van der Waals surface area contributed by atoms with E-state index in [-0.39, 0.29) is 23.8 Å². The van der Waals surface area contributed by atoms with Gasteiger partial charge >= 0.3 is 5.97 Å². The SMILES string of the molecule is CSCC(=O)NC(CC(=O)O)C(C)(C)C. The zero-order valence-electron chi connectivity index (χ0n) is 9.66. The van der Waals surface area contributed by atoms with Gasteiger partial charge in [0, 0.05) is 6.04 Å². The number of rotatable bonds is 5. The van der Waals surface area contributed by atoms with Crippen molar-refractivity contribution in [2.24, 2.45) is 5.41 Å². The van der Waals surface area contributed by atoms with Crippen molar-refractivity contribution < 1.29 is 14.7 Å². The third-order valence-electron chi connectivity index (χ3n) is 2.03. The number of amides is 1. The van der Waals surface area contributed by atoms with Crippen LogP contribution < -0.4 is 5.32 Å². The average Bonchev–Trinajstić information content (AvgIpc) is 2.00. The van der Waals surface area contributed by atoms with E-state index in [1.807, 2.05) is 27.0 Å². The number of aliphatic carboxylic acids is 1. The molecule has 1 unspecified atom stereocenters. The molecule has 1 amide bonds. The number of carboxylic acids is 1. The Morgan fingerprint density at radius 2 is 1.93 bits per heavy atom. The lowest BCUT2D eigenvalue weighted by Crippen LogP contribution is -2.45. The first kappa shape index (κ1) is 14.3. The Hall–Kier alpha value is -0.710. The van der Waals surface area contributed by atoms with E-state index in [9.17, 15) is 9.59 Å². The molecule has 2 N–H and O–H groups in total. The predicted octanol–water partition coefficient (Wildman–Crippen LogP) is 1.35. The molecule has 0 bridgehead atoms. The van der Waals surface area contributed by atoms with Gasteiger partial charge in [-0.2, -0.15) is 11.8 Å². The summed E-state index contributed by atoms with van der Waals surface area (Å²) in [5.41, 5.74) is -0.244. The Morgan fingerprint density at radius 1 is 1.40 bits per heavy atom. The molecule has 0 radical (unpaired) electrons. The van der Waals surface area contributed by atoms with Crippen LogP contribution in [0.3, 0.4) is 0 Å². The van der Waals surface area contributed by atoms with Gasteiger partial charge in [0.15, 0.2) is 0 Å². The topological polar surface area (TPSA) is 66.4 Å². The molecule has 0 aliphatic carbocycles. The first-order valence-corrected chi connectivity index (χ1v) is 6.17. The highest BCUT2D eigenvalue weighted by Gasteiger charge is 2.28. The summed E-state index contributed by atoms with van der Waals surface area (Å²) in [6.45, 7) is 5.75. The van der Waals surface area contributed by atoms with Crippen LogP contribution in [0.1, 0.15) is 27.2 Å². The van der Waals surface area contributed by atoms with Crippen LogP contribution in [0.4, 0.5) is 0 Å². The molecule has 5 heteroatoms. The van der Waals surface area contributed by atoms with Crippen molar-refractivity contribution in [2.75, 3.05) is 12.0 Å². The molecule has 0 aromatic rings. The monoisotopic (exact) mass is 233 g/mol. The maximum atomic E-state index is 11.4. The molecule has 0 spiro atoms. The fraction of sp³-hybridized carbons (Fsp3) is 0.800. The molecule has 0 rings (SSSR count). The van der Waals surface area contributed by atoms with E-state index in [1.165, 1.54) is 11.8 Å². The Bertz CT molecular complexity index is 235. The van der Waals surface area contributed by atoms with Crippen molar-refractivity contribution in [1.82, 2.24) is 5.32 Å². The van der Waals surface area contributed by atoms with E-state index >= 15 is 0 Å². The fourth-order valence-electron chi connectivity index (χ4n) is 1.12. The lowest BCUT2D eigenvalue weighted by molar-refractivity contribution is -0.138. The van der Waals surface area contributed by atoms with Crippen LogP contribution in [0.2, 0.25) is 0 Å². The van der Waals surface area contributed by atoms with Gasteiger partial charge in [-0.1, -0.05) is 20.8 Å². The minimum atomic E-state index is -0.889. The number of hydrogen-bond donors (Lipinski definition) is 2. The van der Waals surface area contributed by atoms with Crippen LogP contribution in [0.25, 0.3) is 0 Å². The normalized spacial score (nSPS) is 13.3. The van der Waals surface area contributed by atoms with Gasteiger partial charge in [-0.15, -0.1) is 0 Å². The number of carbonyl (C=O) groups is 2. The van der Waals surface area contributed by atoms with Crippen molar-refractivity contribution in [1.29, 1.82) is 0 Å². The van der Waals surface area contributed by atoms with Crippen LogP contribution >= 0.6 is 11.8 Å². The Morgan fingerprint density at radius 3 is 2.27 bits per heavy atom. The molecule has 0 saturated carbocycles. The van der Waals surface area contributed by atoms with Gasteiger partial charge in [0.2, 0.25) is 5.91 Å². The van der Waals surface area contributed by atoms with Crippen molar-refractivity contribution >= 4 is 23.6 Å². The lowest BCUT2D eigenvalue weighted by atomic mass is 9.85. The summed E-state index contributed by atoms with van der Waals surface area (Å²) in [4.78, 5) is 22.0. The highest BCUT2D eigenvalue weighted by molar-refractivity contribution is 7.99. The lowest BCUT2D eigenvalue weighted by Gasteiger charge is -2.30. The van der Waals surface area contributed by atoms with Gasteiger partial charge in [0.25, 0.3) is 0 Å². The molecule has 4 nitrogen and oxygen atoms in total. The number of hydrogen-bond acceptors (Lipinski definition) is 3. The number of carbonyl (C=O) groups excluding carboxylic acids is 1. The van der Waals surface area contributed by atoms with Gasteiger partial charge in [-0.25, -0.2) is 0 Å². The Labute approximate surface area is 94.8 Å². The second-order valence-electron chi connectivity index (χ2n) is 4.52. The summed E-state index contributed by atoms with van der Waals surface area (Å²) in [6, 6.07) is -0.324. The van der Waals surface area contributed by atoms with Crippen LogP contribution in [-0.4, -0.2) is 35.0 Å². The molecule has 0 aliphatic heterocycles.